The summed E-state index contributed by atoms with van der Waals surface area (Å²) in [5.41, 5.74) is 0. The maximum absolute atomic E-state index is 5.53. The van der Waals surface area contributed by atoms with E-state index in [0.717, 1.165) is 45.8 Å². The number of rotatable bonds is 7. The number of methoxy groups -OCH3 is 1. The van der Waals surface area contributed by atoms with Gasteiger partial charge in [0.25, 0.3) is 0 Å². The zero-order chi connectivity index (χ0) is 11.8. The van der Waals surface area contributed by atoms with E-state index in [-0.39, 0.29) is 6.29 Å². The molecule has 1 fully saturated rings. The Morgan fingerprint density at radius 3 is 2.50 bits per heavy atom. The molecular formula is C12H25NO3. The van der Waals surface area contributed by atoms with E-state index >= 15 is 0 Å². The third-order valence-corrected chi connectivity index (χ3v) is 2.86. The molecule has 4 heteroatoms. The van der Waals surface area contributed by atoms with Crippen LogP contribution in [-0.4, -0.2) is 57.3 Å². The largest absolute Gasteiger partial charge is 0.383 e. The number of nitrogens with zero attached hydrogens (tertiary/aromatic N) is 1. The molecule has 0 aromatic carbocycles. The van der Waals surface area contributed by atoms with Gasteiger partial charge in [0.2, 0.25) is 0 Å². The van der Waals surface area contributed by atoms with E-state index in [4.69, 9.17) is 14.2 Å². The van der Waals surface area contributed by atoms with Crippen molar-refractivity contribution in [3.05, 3.63) is 0 Å². The average Bonchev–Trinajstić information content (AvgIpc) is 2.30. The molecule has 0 N–H and O–H groups in total. The van der Waals surface area contributed by atoms with Gasteiger partial charge in [-0.15, -0.1) is 0 Å². The summed E-state index contributed by atoms with van der Waals surface area (Å²) in [6, 6.07) is 0.541. The standard InChI is InChI=1S/C12H25NO3/c1-11(2)13(7-10-14-3)6-5-12-15-8-4-9-16-12/h11-12H,4-10H2,1-3H3. The van der Waals surface area contributed by atoms with E-state index in [1.807, 2.05) is 0 Å². The van der Waals surface area contributed by atoms with Crippen LogP contribution in [0.4, 0.5) is 0 Å². The molecule has 1 heterocycles. The molecule has 0 radical (unpaired) electrons. The summed E-state index contributed by atoms with van der Waals surface area (Å²) in [4.78, 5) is 2.39. The zero-order valence-corrected chi connectivity index (χ0v) is 10.8. The minimum absolute atomic E-state index is 0.00227. The van der Waals surface area contributed by atoms with Gasteiger partial charge < -0.3 is 14.2 Å². The van der Waals surface area contributed by atoms with Crippen molar-refractivity contribution in [1.29, 1.82) is 0 Å². The molecule has 0 spiro atoms. The van der Waals surface area contributed by atoms with Gasteiger partial charge in [-0.05, 0) is 20.3 Å². The Labute approximate surface area is 98.8 Å². The molecule has 0 aromatic rings. The van der Waals surface area contributed by atoms with Crippen molar-refractivity contribution in [1.82, 2.24) is 4.90 Å². The summed E-state index contributed by atoms with van der Waals surface area (Å²) in [6.07, 6.45) is 1.97. The van der Waals surface area contributed by atoms with Gasteiger partial charge in [0.1, 0.15) is 0 Å². The van der Waals surface area contributed by atoms with Gasteiger partial charge in [0.05, 0.1) is 19.8 Å². The monoisotopic (exact) mass is 231 g/mol. The summed E-state index contributed by atoms with van der Waals surface area (Å²) >= 11 is 0. The lowest BCUT2D eigenvalue weighted by atomic mass is 10.2. The second-order valence-electron chi connectivity index (χ2n) is 4.44. The molecular weight excluding hydrogens is 206 g/mol. The molecule has 0 amide bonds. The van der Waals surface area contributed by atoms with Crippen LogP contribution in [0.2, 0.25) is 0 Å². The van der Waals surface area contributed by atoms with Crippen LogP contribution < -0.4 is 0 Å². The number of hydrogen-bond acceptors (Lipinski definition) is 4. The summed E-state index contributed by atoms with van der Waals surface area (Å²) in [5, 5.41) is 0. The summed E-state index contributed by atoms with van der Waals surface area (Å²) < 4.78 is 16.2. The fourth-order valence-corrected chi connectivity index (χ4v) is 1.81. The Balaban J connectivity index is 2.19. The van der Waals surface area contributed by atoms with Gasteiger partial charge in [-0.2, -0.15) is 0 Å². The van der Waals surface area contributed by atoms with Crippen LogP contribution in [0.5, 0.6) is 0 Å². The van der Waals surface area contributed by atoms with Gasteiger partial charge in [-0.3, -0.25) is 4.90 Å². The van der Waals surface area contributed by atoms with Crippen LogP contribution in [0.1, 0.15) is 26.7 Å². The molecule has 1 aliphatic rings. The molecule has 0 aromatic heterocycles. The summed E-state index contributed by atoms with van der Waals surface area (Å²) in [5.74, 6) is 0. The van der Waals surface area contributed by atoms with E-state index in [2.05, 4.69) is 18.7 Å². The average molecular weight is 231 g/mol. The van der Waals surface area contributed by atoms with Gasteiger partial charge in [-0.25, -0.2) is 0 Å². The smallest absolute Gasteiger partial charge is 0.158 e. The van der Waals surface area contributed by atoms with E-state index in [1.165, 1.54) is 0 Å². The Kier molecular flexibility index (Phi) is 6.96. The van der Waals surface area contributed by atoms with Gasteiger partial charge in [-0.1, -0.05) is 0 Å². The summed E-state index contributed by atoms with van der Waals surface area (Å²) in [6.45, 7) is 8.85. The minimum Gasteiger partial charge on any atom is -0.383 e. The molecule has 4 nitrogen and oxygen atoms in total. The van der Waals surface area contributed by atoms with Crippen LogP contribution >= 0.6 is 0 Å². The van der Waals surface area contributed by atoms with Crippen LogP contribution in [0, 0.1) is 0 Å². The first-order valence-electron chi connectivity index (χ1n) is 6.20. The van der Waals surface area contributed by atoms with Crippen molar-refractivity contribution < 1.29 is 14.2 Å². The first-order valence-corrected chi connectivity index (χ1v) is 6.20. The maximum Gasteiger partial charge on any atom is 0.158 e. The van der Waals surface area contributed by atoms with E-state index in [1.54, 1.807) is 7.11 Å². The quantitative estimate of drug-likeness (QED) is 0.664. The Morgan fingerprint density at radius 1 is 1.25 bits per heavy atom. The lowest BCUT2D eigenvalue weighted by Crippen LogP contribution is -2.37. The fraction of sp³-hybridized carbons (Fsp3) is 1.00. The van der Waals surface area contributed by atoms with Crippen molar-refractivity contribution in [3.63, 3.8) is 0 Å². The molecule has 0 saturated carbocycles. The normalized spacial score (nSPS) is 18.6. The highest BCUT2D eigenvalue weighted by atomic mass is 16.7. The molecule has 96 valence electrons. The maximum atomic E-state index is 5.53. The highest BCUT2D eigenvalue weighted by Crippen LogP contribution is 2.10. The Morgan fingerprint density at radius 2 is 1.94 bits per heavy atom. The number of hydrogen-bond donors (Lipinski definition) is 0. The molecule has 0 atom stereocenters. The molecule has 0 bridgehead atoms. The molecule has 1 rings (SSSR count). The van der Waals surface area contributed by atoms with Crippen molar-refractivity contribution in [3.8, 4) is 0 Å². The lowest BCUT2D eigenvalue weighted by molar-refractivity contribution is -0.183. The highest BCUT2D eigenvalue weighted by molar-refractivity contribution is 4.64. The highest BCUT2D eigenvalue weighted by Gasteiger charge is 2.16. The first-order chi connectivity index (χ1) is 7.74. The summed E-state index contributed by atoms with van der Waals surface area (Å²) in [7, 11) is 1.74. The van der Waals surface area contributed by atoms with Crippen molar-refractivity contribution in [2.75, 3.05) is 40.0 Å². The van der Waals surface area contributed by atoms with Gasteiger partial charge >= 0.3 is 0 Å². The van der Waals surface area contributed by atoms with Crippen molar-refractivity contribution in [2.24, 2.45) is 0 Å². The predicted octanol–water partition coefficient (Wildman–Crippen LogP) is 1.50. The third-order valence-electron chi connectivity index (χ3n) is 2.86. The van der Waals surface area contributed by atoms with Crippen LogP contribution in [0.3, 0.4) is 0 Å². The lowest BCUT2D eigenvalue weighted by Gasteiger charge is -2.29. The minimum atomic E-state index is -0.00227. The second kappa shape index (κ2) is 8.01. The fourth-order valence-electron chi connectivity index (χ4n) is 1.81. The first kappa shape index (κ1) is 13.9. The SMILES string of the molecule is COCCN(CCC1OCCCO1)C(C)C. The second-order valence-corrected chi connectivity index (χ2v) is 4.44. The van der Waals surface area contributed by atoms with Gasteiger partial charge in [0, 0.05) is 32.7 Å². The molecule has 0 aliphatic carbocycles. The third kappa shape index (κ3) is 5.25. The predicted molar refractivity (Wildman–Crippen MR) is 63.5 cm³/mol. The number of ether oxygens (including phenoxy) is 3. The van der Waals surface area contributed by atoms with E-state index in [9.17, 15) is 0 Å². The van der Waals surface area contributed by atoms with Crippen LogP contribution in [-0.2, 0) is 14.2 Å². The van der Waals surface area contributed by atoms with Crippen LogP contribution in [0.15, 0.2) is 0 Å². The topological polar surface area (TPSA) is 30.9 Å². The van der Waals surface area contributed by atoms with E-state index < -0.39 is 0 Å². The van der Waals surface area contributed by atoms with Crippen LogP contribution in [0.25, 0.3) is 0 Å². The van der Waals surface area contributed by atoms with Crippen molar-refractivity contribution >= 4 is 0 Å². The zero-order valence-electron chi connectivity index (χ0n) is 10.8. The molecule has 16 heavy (non-hydrogen) atoms. The van der Waals surface area contributed by atoms with E-state index in [0.29, 0.717) is 6.04 Å². The molecule has 0 unspecified atom stereocenters. The van der Waals surface area contributed by atoms with Crippen molar-refractivity contribution in [2.45, 2.75) is 39.0 Å². The Bertz CT molecular complexity index is 170. The Hall–Kier alpha value is -0.160. The molecule has 1 aliphatic heterocycles. The van der Waals surface area contributed by atoms with Gasteiger partial charge in [0.15, 0.2) is 6.29 Å². The molecule has 1 saturated heterocycles.